The van der Waals surface area contributed by atoms with Crippen LogP contribution >= 0.6 is 11.6 Å². The minimum Gasteiger partial charge on any atom is -0.483 e. The zero-order valence-corrected chi connectivity index (χ0v) is 12.9. The van der Waals surface area contributed by atoms with Gasteiger partial charge in [0.25, 0.3) is 0 Å². The molecule has 6 nitrogen and oxygen atoms in total. The predicted molar refractivity (Wildman–Crippen MR) is 87.1 cm³/mol. The van der Waals surface area contributed by atoms with Crippen LogP contribution in [-0.2, 0) is 0 Å². The standard InChI is InChI=1S/C16H14ClN5O/c17-11-2-1-10(8-19)15(7-11)23-14(5-6-18)12-3-4-13-16(22-12)21-9-20-13/h1-4,7,9,14H,5-6,18H2,(H,20,21,22). The number of halogens is 1. The fraction of sp³-hybridized carbons (Fsp3) is 0.188. The van der Waals surface area contributed by atoms with E-state index in [1.54, 1.807) is 24.5 Å². The lowest BCUT2D eigenvalue weighted by Crippen LogP contribution is -2.15. The molecule has 0 aliphatic carbocycles. The summed E-state index contributed by atoms with van der Waals surface area (Å²) in [6.45, 7) is 0.426. The van der Waals surface area contributed by atoms with Crippen LogP contribution < -0.4 is 10.5 Å². The van der Waals surface area contributed by atoms with E-state index >= 15 is 0 Å². The molecule has 0 radical (unpaired) electrons. The van der Waals surface area contributed by atoms with Crippen molar-refractivity contribution in [2.24, 2.45) is 5.73 Å². The first-order valence-electron chi connectivity index (χ1n) is 7.07. The Balaban J connectivity index is 1.95. The van der Waals surface area contributed by atoms with Crippen molar-refractivity contribution < 1.29 is 4.74 Å². The van der Waals surface area contributed by atoms with Crippen molar-refractivity contribution in [2.75, 3.05) is 6.54 Å². The Morgan fingerprint density at radius 3 is 3.00 bits per heavy atom. The van der Waals surface area contributed by atoms with Crippen LogP contribution in [0.4, 0.5) is 0 Å². The predicted octanol–water partition coefficient (Wildman–Crippen LogP) is 2.95. The molecule has 2 aromatic heterocycles. The van der Waals surface area contributed by atoms with E-state index in [4.69, 9.17) is 22.1 Å². The van der Waals surface area contributed by atoms with Gasteiger partial charge in [-0.3, -0.25) is 0 Å². The van der Waals surface area contributed by atoms with E-state index in [0.29, 0.717) is 34.9 Å². The molecular formula is C16H14ClN5O. The first-order chi connectivity index (χ1) is 11.2. The highest BCUT2D eigenvalue weighted by Gasteiger charge is 2.17. The fourth-order valence-electron chi connectivity index (χ4n) is 2.28. The highest BCUT2D eigenvalue weighted by atomic mass is 35.5. The highest BCUT2D eigenvalue weighted by molar-refractivity contribution is 6.30. The second-order valence-electron chi connectivity index (χ2n) is 4.94. The number of aromatic amines is 1. The van der Waals surface area contributed by atoms with Gasteiger partial charge < -0.3 is 15.5 Å². The number of hydrogen-bond donors (Lipinski definition) is 2. The summed E-state index contributed by atoms with van der Waals surface area (Å²) in [7, 11) is 0. The van der Waals surface area contributed by atoms with Crippen LogP contribution in [0.5, 0.6) is 5.75 Å². The normalized spacial score (nSPS) is 12.0. The monoisotopic (exact) mass is 327 g/mol. The van der Waals surface area contributed by atoms with E-state index in [2.05, 4.69) is 21.0 Å². The van der Waals surface area contributed by atoms with Crippen LogP contribution in [0.15, 0.2) is 36.7 Å². The van der Waals surface area contributed by atoms with Gasteiger partial charge in [-0.15, -0.1) is 0 Å². The van der Waals surface area contributed by atoms with E-state index in [9.17, 15) is 5.26 Å². The molecular weight excluding hydrogens is 314 g/mol. The summed E-state index contributed by atoms with van der Waals surface area (Å²) in [4.78, 5) is 11.6. The van der Waals surface area contributed by atoms with Gasteiger partial charge in [0, 0.05) is 17.5 Å². The maximum Gasteiger partial charge on any atom is 0.157 e. The third-order valence-electron chi connectivity index (χ3n) is 3.39. The summed E-state index contributed by atoms with van der Waals surface area (Å²) in [5.41, 5.74) is 8.29. The topological polar surface area (TPSA) is 101 Å². The van der Waals surface area contributed by atoms with Crippen LogP contribution in [0.3, 0.4) is 0 Å². The molecule has 0 aliphatic heterocycles. The molecule has 2 heterocycles. The van der Waals surface area contributed by atoms with Crippen molar-refractivity contribution in [1.82, 2.24) is 15.0 Å². The van der Waals surface area contributed by atoms with Crippen molar-refractivity contribution in [1.29, 1.82) is 5.26 Å². The Labute approximate surface area is 137 Å². The second-order valence-corrected chi connectivity index (χ2v) is 5.38. The largest absolute Gasteiger partial charge is 0.483 e. The number of nitrogens with zero attached hydrogens (tertiary/aromatic N) is 3. The van der Waals surface area contributed by atoms with Crippen molar-refractivity contribution in [3.8, 4) is 11.8 Å². The van der Waals surface area contributed by atoms with Gasteiger partial charge in [-0.25, -0.2) is 9.97 Å². The van der Waals surface area contributed by atoms with Crippen LogP contribution in [0.25, 0.3) is 11.2 Å². The average Bonchev–Trinajstić information content (AvgIpc) is 3.02. The minimum absolute atomic E-state index is 0.377. The number of fused-ring (bicyclic) bond motifs is 1. The lowest BCUT2D eigenvalue weighted by atomic mass is 10.1. The number of rotatable bonds is 5. The molecule has 23 heavy (non-hydrogen) atoms. The molecule has 116 valence electrons. The van der Waals surface area contributed by atoms with Crippen LogP contribution in [-0.4, -0.2) is 21.5 Å². The molecule has 3 rings (SSSR count). The first kappa shape index (κ1) is 15.3. The van der Waals surface area contributed by atoms with E-state index in [1.165, 1.54) is 0 Å². The molecule has 0 bridgehead atoms. The number of ether oxygens (including phenoxy) is 1. The third-order valence-corrected chi connectivity index (χ3v) is 3.63. The van der Waals surface area contributed by atoms with Crippen molar-refractivity contribution in [2.45, 2.75) is 12.5 Å². The van der Waals surface area contributed by atoms with Crippen molar-refractivity contribution >= 4 is 22.8 Å². The Morgan fingerprint density at radius 2 is 2.22 bits per heavy atom. The summed E-state index contributed by atoms with van der Waals surface area (Å²) in [5.74, 6) is 0.421. The number of aromatic nitrogens is 3. The lowest BCUT2D eigenvalue weighted by molar-refractivity contribution is 0.193. The SMILES string of the molecule is N#Cc1ccc(Cl)cc1OC(CCN)c1ccc2nc[nH]c2n1. The Morgan fingerprint density at radius 1 is 1.35 bits per heavy atom. The quantitative estimate of drug-likeness (QED) is 0.750. The molecule has 0 saturated carbocycles. The Hall–Kier alpha value is -2.62. The van der Waals surface area contributed by atoms with Gasteiger partial charge in [-0.1, -0.05) is 11.6 Å². The number of nitriles is 1. The zero-order chi connectivity index (χ0) is 16.2. The fourth-order valence-corrected chi connectivity index (χ4v) is 2.44. The molecule has 1 unspecified atom stereocenters. The summed E-state index contributed by atoms with van der Waals surface area (Å²) in [5, 5.41) is 9.71. The molecule has 1 aromatic carbocycles. The van der Waals surface area contributed by atoms with Crippen molar-refractivity contribution in [3.05, 3.63) is 52.9 Å². The number of hydrogen-bond acceptors (Lipinski definition) is 5. The lowest BCUT2D eigenvalue weighted by Gasteiger charge is -2.19. The molecule has 0 fully saturated rings. The van der Waals surface area contributed by atoms with Crippen LogP contribution in [0.2, 0.25) is 5.02 Å². The zero-order valence-electron chi connectivity index (χ0n) is 12.2. The molecule has 0 amide bonds. The van der Waals surface area contributed by atoms with Gasteiger partial charge in [0.15, 0.2) is 5.65 Å². The molecule has 3 N–H and O–H groups in total. The molecule has 1 atom stereocenters. The van der Waals surface area contributed by atoms with Gasteiger partial charge in [0.05, 0.1) is 17.6 Å². The van der Waals surface area contributed by atoms with Gasteiger partial charge in [-0.05, 0) is 30.8 Å². The molecule has 0 saturated heterocycles. The van der Waals surface area contributed by atoms with Gasteiger partial charge in [-0.2, -0.15) is 5.26 Å². The van der Waals surface area contributed by atoms with Crippen LogP contribution in [0.1, 0.15) is 23.8 Å². The number of H-pyrrole nitrogens is 1. The molecule has 3 aromatic rings. The molecule has 0 aliphatic rings. The van der Waals surface area contributed by atoms with E-state index < -0.39 is 0 Å². The summed E-state index contributed by atoms with van der Waals surface area (Å²) in [6, 6.07) is 10.7. The highest BCUT2D eigenvalue weighted by Crippen LogP contribution is 2.29. The first-order valence-corrected chi connectivity index (χ1v) is 7.45. The number of imidazole rings is 1. The number of nitrogens with two attached hydrogens (primary N) is 1. The van der Waals surface area contributed by atoms with Crippen molar-refractivity contribution in [3.63, 3.8) is 0 Å². The van der Waals surface area contributed by atoms with Gasteiger partial charge in [0.1, 0.15) is 23.4 Å². The number of pyridine rings is 1. The average molecular weight is 328 g/mol. The van der Waals surface area contributed by atoms with Gasteiger partial charge in [0.2, 0.25) is 0 Å². The number of benzene rings is 1. The molecule has 0 spiro atoms. The van der Waals surface area contributed by atoms with E-state index in [1.807, 2.05) is 12.1 Å². The third kappa shape index (κ3) is 3.26. The number of nitrogens with one attached hydrogen (secondary N) is 1. The second kappa shape index (κ2) is 6.65. The molecule has 7 heteroatoms. The maximum absolute atomic E-state index is 9.21. The smallest absolute Gasteiger partial charge is 0.157 e. The maximum atomic E-state index is 9.21. The Bertz CT molecular complexity index is 870. The van der Waals surface area contributed by atoms with Crippen LogP contribution in [0, 0.1) is 11.3 Å². The summed E-state index contributed by atoms with van der Waals surface area (Å²) < 4.78 is 5.99. The van der Waals surface area contributed by atoms with Gasteiger partial charge >= 0.3 is 0 Å². The minimum atomic E-state index is -0.377. The van der Waals surface area contributed by atoms with E-state index in [0.717, 1.165) is 11.2 Å². The van der Waals surface area contributed by atoms with E-state index in [-0.39, 0.29) is 6.10 Å². The summed E-state index contributed by atoms with van der Waals surface area (Å²) >= 11 is 6.00. The summed E-state index contributed by atoms with van der Waals surface area (Å²) in [6.07, 6.45) is 1.77. The Kier molecular flexibility index (Phi) is 4.42.